The zero-order valence-electron chi connectivity index (χ0n) is 16.9. The van der Waals surface area contributed by atoms with Crippen LogP contribution in [0.25, 0.3) is 10.8 Å². The highest BCUT2D eigenvalue weighted by molar-refractivity contribution is 5.93. The van der Waals surface area contributed by atoms with Crippen molar-refractivity contribution < 1.29 is 4.79 Å². The summed E-state index contributed by atoms with van der Waals surface area (Å²) in [5, 5.41) is 7.03. The van der Waals surface area contributed by atoms with E-state index in [-0.39, 0.29) is 5.91 Å². The van der Waals surface area contributed by atoms with Gasteiger partial charge in [-0.25, -0.2) is 0 Å². The number of benzene rings is 2. The molecule has 1 fully saturated rings. The van der Waals surface area contributed by atoms with E-state index in [2.05, 4.69) is 66.3 Å². The number of carbonyl (C=O) groups excluding carboxylic acids is 1. The Labute approximate surface area is 166 Å². The van der Waals surface area contributed by atoms with E-state index in [0.29, 0.717) is 11.6 Å². The molecule has 1 saturated heterocycles. The molecule has 1 aromatic heterocycles. The van der Waals surface area contributed by atoms with Crippen LogP contribution < -0.4 is 4.90 Å². The first-order valence-corrected chi connectivity index (χ1v) is 10.1. The van der Waals surface area contributed by atoms with Crippen molar-refractivity contribution in [2.24, 2.45) is 13.0 Å². The Morgan fingerprint density at radius 3 is 2.43 bits per heavy atom. The molecule has 0 N–H and O–H groups in total. The van der Waals surface area contributed by atoms with Crippen LogP contribution in [0.2, 0.25) is 0 Å². The highest BCUT2D eigenvalue weighted by atomic mass is 16.2. The second kappa shape index (κ2) is 7.66. The van der Waals surface area contributed by atoms with Gasteiger partial charge in [-0.1, -0.05) is 44.2 Å². The van der Waals surface area contributed by atoms with Gasteiger partial charge in [0.1, 0.15) is 5.69 Å². The van der Waals surface area contributed by atoms with Crippen LogP contribution in [0.3, 0.4) is 0 Å². The van der Waals surface area contributed by atoms with Crippen LogP contribution in [0.5, 0.6) is 0 Å². The molecule has 1 aliphatic rings. The van der Waals surface area contributed by atoms with Crippen molar-refractivity contribution in [3.63, 3.8) is 0 Å². The molecule has 0 unspecified atom stereocenters. The van der Waals surface area contributed by atoms with Crippen LogP contribution in [0.15, 0.2) is 48.5 Å². The Kier molecular flexibility index (Phi) is 5.07. The molecule has 0 bridgehead atoms. The molecule has 28 heavy (non-hydrogen) atoms. The number of nitrogens with zero attached hydrogens (tertiary/aromatic N) is 4. The number of piperazine rings is 1. The first-order valence-electron chi connectivity index (χ1n) is 10.1. The minimum atomic E-state index is 0.0863. The van der Waals surface area contributed by atoms with E-state index < -0.39 is 0 Å². The fourth-order valence-electron chi connectivity index (χ4n) is 3.95. The number of rotatable bonds is 4. The van der Waals surface area contributed by atoms with Gasteiger partial charge in [0.15, 0.2) is 0 Å². The van der Waals surface area contributed by atoms with Crippen LogP contribution >= 0.6 is 0 Å². The van der Waals surface area contributed by atoms with E-state index in [1.54, 1.807) is 4.68 Å². The lowest BCUT2D eigenvalue weighted by atomic mass is 10.1. The lowest BCUT2D eigenvalue weighted by Crippen LogP contribution is -2.49. The number of aromatic nitrogens is 2. The smallest absolute Gasteiger partial charge is 0.272 e. The van der Waals surface area contributed by atoms with E-state index in [4.69, 9.17) is 0 Å². The van der Waals surface area contributed by atoms with Gasteiger partial charge in [0.25, 0.3) is 5.91 Å². The summed E-state index contributed by atoms with van der Waals surface area (Å²) in [4.78, 5) is 17.3. The zero-order valence-corrected chi connectivity index (χ0v) is 16.9. The standard InChI is InChI=1S/C23H28N4O/c1-17(2)14-20-16-22(25(3)24-20)23(28)27-12-10-26(11-13-27)21-9-8-18-6-4-5-7-19(18)15-21/h4-9,15-17H,10-14H2,1-3H3. The van der Waals surface area contributed by atoms with Gasteiger partial charge in [-0.05, 0) is 41.3 Å². The number of hydrogen-bond acceptors (Lipinski definition) is 3. The van der Waals surface area contributed by atoms with Crippen molar-refractivity contribution >= 4 is 22.4 Å². The van der Waals surface area contributed by atoms with Gasteiger partial charge in [0, 0.05) is 38.9 Å². The molecular weight excluding hydrogens is 348 g/mol. The minimum absolute atomic E-state index is 0.0863. The summed E-state index contributed by atoms with van der Waals surface area (Å²) in [6.07, 6.45) is 0.900. The highest BCUT2D eigenvalue weighted by Crippen LogP contribution is 2.23. The van der Waals surface area contributed by atoms with Gasteiger partial charge >= 0.3 is 0 Å². The Bertz CT molecular complexity index is 983. The summed E-state index contributed by atoms with van der Waals surface area (Å²) in [5.74, 6) is 0.617. The van der Waals surface area contributed by atoms with Gasteiger partial charge < -0.3 is 9.80 Å². The Balaban J connectivity index is 1.43. The molecule has 0 atom stereocenters. The monoisotopic (exact) mass is 376 g/mol. The average molecular weight is 377 g/mol. The molecule has 0 radical (unpaired) electrons. The van der Waals surface area contributed by atoms with Crippen molar-refractivity contribution in [1.82, 2.24) is 14.7 Å². The number of carbonyl (C=O) groups is 1. The highest BCUT2D eigenvalue weighted by Gasteiger charge is 2.25. The molecule has 2 heterocycles. The summed E-state index contributed by atoms with van der Waals surface area (Å²) >= 11 is 0. The predicted octanol–water partition coefficient (Wildman–Crippen LogP) is 3.73. The van der Waals surface area contributed by atoms with Crippen molar-refractivity contribution in [2.75, 3.05) is 31.1 Å². The maximum absolute atomic E-state index is 13.0. The molecule has 0 spiro atoms. The number of aryl methyl sites for hydroxylation is 1. The molecular formula is C23H28N4O. The molecule has 3 aromatic rings. The van der Waals surface area contributed by atoms with E-state index in [9.17, 15) is 4.79 Å². The Morgan fingerprint density at radius 2 is 1.71 bits per heavy atom. The SMILES string of the molecule is CC(C)Cc1cc(C(=O)N2CCN(c3ccc4ccccc4c3)CC2)n(C)n1. The maximum atomic E-state index is 13.0. The van der Waals surface area contributed by atoms with Gasteiger partial charge in [0.05, 0.1) is 5.69 Å². The summed E-state index contributed by atoms with van der Waals surface area (Å²) in [6.45, 7) is 7.50. The van der Waals surface area contributed by atoms with Crippen LogP contribution in [0, 0.1) is 5.92 Å². The molecule has 2 aromatic carbocycles. The molecule has 5 heteroatoms. The summed E-state index contributed by atoms with van der Waals surface area (Å²) < 4.78 is 1.73. The molecule has 1 aliphatic heterocycles. The Hall–Kier alpha value is -2.82. The number of amides is 1. The Morgan fingerprint density at radius 1 is 1.00 bits per heavy atom. The van der Waals surface area contributed by atoms with Crippen LogP contribution in [-0.2, 0) is 13.5 Å². The average Bonchev–Trinajstić information content (AvgIpc) is 3.06. The molecule has 1 amide bonds. The predicted molar refractivity (Wildman–Crippen MR) is 114 cm³/mol. The van der Waals surface area contributed by atoms with Gasteiger partial charge in [-0.3, -0.25) is 9.48 Å². The topological polar surface area (TPSA) is 41.4 Å². The first kappa shape index (κ1) is 18.5. The third kappa shape index (κ3) is 3.75. The fourth-order valence-corrected chi connectivity index (χ4v) is 3.95. The van der Waals surface area contributed by atoms with Crippen molar-refractivity contribution in [3.05, 3.63) is 59.9 Å². The minimum Gasteiger partial charge on any atom is -0.368 e. The number of fused-ring (bicyclic) bond motifs is 1. The van der Waals surface area contributed by atoms with E-state index >= 15 is 0 Å². The third-order valence-corrected chi connectivity index (χ3v) is 5.43. The fraction of sp³-hybridized carbons (Fsp3) is 0.391. The third-order valence-electron chi connectivity index (χ3n) is 5.43. The van der Waals surface area contributed by atoms with E-state index in [0.717, 1.165) is 38.3 Å². The second-order valence-electron chi connectivity index (χ2n) is 8.05. The van der Waals surface area contributed by atoms with Gasteiger partial charge in [-0.2, -0.15) is 5.10 Å². The largest absolute Gasteiger partial charge is 0.368 e. The van der Waals surface area contributed by atoms with Crippen LogP contribution in [-0.4, -0.2) is 46.8 Å². The lowest BCUT2D eigenvalue weighted by Gasteiger charge is -2.36. The normalized spacial score (nSPS) is 14.9. The second-order valence-corrected chi connectivity index (χ2v) is 8.05. The molecule has 146 valence electrons. The molecule has 5 nitrogen and oxygen atoms in total. The zero-order chi connectivity index (χ0) is 19.7. The van der Waals surface area contributed by atoms with Gasteiger partial charge in [0.2, 0.25) is 0 Å². The van der Waals surface area contributed by atoms with E-state index in [1.807, 2.05) is 18.0 Å². The molecule has 0 aliphatic carbocycles. The van der Waals surface area contributed by atoms with E-state index in [1.165, 1.54) is 16.5 Å². The first-order chi connectivity index (χ1) is 13.5. The van der Waals surface area contributed by atoms with Crippen LogP contribution in [0.1, 0.15) is 30.0 Å². The molecule has 4 rings (SSSR count). The summed E-state index contributed by atoms with van der Waals surface area (Å²) in [5.41, 5.74) is 2.91. The van der Waals surface area contributed by atoms with Gasteiger partial charge in [-0.15, -0.1) is 0 Å². The quantitative estimate of drug-likeness (QED) is 0.697. The summed E-state index contributed by atoms with van der Waals surface area (Å²) in [6, 6.07) is 17.0. The van der Waals surface area contributed by atoms with Crippen molar-refractivity contribution in [3.8, 4) is 0 Å². The number of hydrogen-bond donors (Lipinski definition) is 0. The summed E-state index contributed by atoms with van der Waals surface area (Å²) in [7, 11) is 1.86. The van der Waals surface area contributed by atoms with Crippen molar-refractivity contribution in [1.29, 1.82) is 0 Å². The lowest BCUT2D eigenvalue weighted by molar-refractivity contribution is 0.0735. The van der Waals surface area contributed by atoms with Crippen molar-refractivity contribution in [2.45, 2.75) is 20.3 Å². The van der Waals surface area contributed by atoms with Crippen LogP contribution in [0.4, 0.5) is 5.69 Å². The molecule has 0 saturated carbocycles. The maximum Gasteiger partial charge on any atom is 0.272 e. The number of anilines is 1.